The van der Waals surface area contributed by atoms with Crippen molar-refractivity contribution in [2.45, 2.75) is 39.7 Å². The lowest BCUT2D eigenvalue weighted by atomic mass is 9.91. The van der Waals surface area contributed by atoms with Crippen LogP contribution in [0.15, 0.2) is 61.1 Å². The molecule has 0 bridgehead atoms. The number of nitrogens with zero attached hydrogens (tertiary/aromatic N) is 6. The summed E-state index contributed by atoms with van der Waals surface area (Å²) in [5.41, 5.74) is 9.38. The van der Waals surface area contributed by atoms with Crippen molar-refractivity contribution in [3.05, 3.63) is 89.3 Å². The number of fused-ring (bicyclic) bond motifs is 3. The molecule has 0 saturated heterocycles. The Kier molecular flexibility index (Phi) is 6.86. The number of ether oxygens (including phenoxy) is 1. The molecule has 0 fully saturated rings. The van der Waals surface area contributed by atoms with Gasteiger partial charge in [-0.05, 0) is 42.0 Å². The number of aryl methyl sites for hydroxylation is 3. The molecule has 3 aromatic heterocycles. The Hall–Kier alpha value is -4.79. The zero-order valence-corrected chi connectivity index (χ0v) is 23.6. The first-order valence-corrected chi connectivity index (χ1v) is 13.7. The van der Waals surface area contributed by atoms with Crippen molar-refractivity contribution < 1.29 is 14.6 Å². The Morgan fingerprint density at radius 3 is 2.56 bits per heavy atom. The molecule has 1 aliphatic carbocycles. The van der Waals surface area contributed by atoms with Crippen molar-refractivity contribution >= 4 is 5.97 Å². The molecule has 0 radical (unpaired) electrons. The summed E-state index contributed by atoms with van der Waals surface area (Å²) in [6, 6.07) is 13.4. The van der Waals surface area contributed by atoms with E-state index in [1.807, 2.05) is 28.8 Å². The highest BCUT2D eigenvalue weighted by Gasteiger charge is 2.27. The van der Waals surface area contributed by atoms with Gasteiger partial charge in [-0.3, -0.25) is 9.36 Å². The van der Waals surface area contributed by atoms with Crippen LogP contribution in [0.4, 0.5) is 0 Å². The molecule has 1 aliphatic rings. The number of carbonyl (C=O) groups is 1. The molecule has 5 aromatic rings. The molecule has 6 rings (SSSR count). The number of methoxy groups -OCH3 is 1. The number of aromatic nitrogens is 6. The standard InChI is InChI=1S/C32H32N6O3/c1-19(2)17-38-18-25(16-34-38)20-5-7-21(8-6-20)31-29-26(36-37(31)3)12-11-24-15-33-28(35-30(24)29)14-22-9-10-23(32(39)40)13-27(22)41-4/h5-10,13,15-16,18-19H,11-12,14,17H2,1-4H3,(H,39,40). The molecule has 9 heteroatoms. The van der Waals surface area contributed by atoms with Gasteiger partial charge in [0.1, 0.15) is 11.6 Å². The lowest BCUT2D eigenvalue weighted by Gasteiger charge is -2.17. The molecule has 208 valence electrons. The Labute approximate surface area is 238 Å². The average Bonchev–Trinajstić information content (AvgIpc) is 3.56. The van der Waals surface area contributed by atoms with Crippen LogP contribution in [-0.4, -0.2) is 47.7 Å². The summed E-state index contributed by atoms with van der Waals surface area (Å²) in [5.74, 6) is 0.684. The van der Waals surface area contributed by atoms with E-state index in [0.29, 0.717) is 23.9 Å². The first kappa shape index (κ1) is 26.4. The highest BCUT2D eigenvalue weighted by molar-refractivity contribution is 5.88. The number of carboxylic acid groups (broad SMARTS) is 1. The van der Waals surface area contributed by atoms with Crippen molar-refractivity contribution in [1.82, 2.24) is 29.5 Å². The summed E-state index contributed by atoms with van der Waals surface area (Å²) in [4.78, 5) is 21.1. The van der Waals surface area contributed by atoms with E-state index in [1.165, 1.54) is 13.2 Å². The van der Waals surface area contributed by atoms with Crippen LogP contribution >= 0.6 is 0 Å². The maximum absolute atomic E-state index is 11.4. The van der Waals surface area contributed by atoms with Gasteiger partial charge in [0.25, 0.3) is 0 Å². The van der Waals surface area contributed by atoms with Gasteiger partial charge >= 0.3 is 5.97 Å². The Morgan fingerprint density at radius 1 is 1.05 bits per heavy atom. The van der Waals surface area contributed by atoms with Crippen molar-refractivity contribution in [2.24, 2.45) is 13.0 Å². The van der Waals surface area contributed by atoms with Crippen LogP contribution in [0.3, 0.4) is 0 Å². The van der Waals surface area contributed by atoms with E-state index in [2.05, 4.69) is 54.4 Å². The van der Waals surface area contributed by atoms with Crippen LogP contribution in [0, 0.1) is 5.92 Å². The molecule has 0 spiro atoms. The fraction of sp³-hybridized carbons (Fsp3) is 0.281. The summed E-state index contributed by atoms with van der Waals surface area (Å²) in [5, 5.41) is 18.7. The minimum absolute atomic E-state index is 0.178. The van der Waals surface area contributed by atoms with E-state index in [4.69, 9.17) is 14.8 Å². The van der Waals surface area contributed by atoms with E-state index < -0.39 is 5.97 Å². The van der Waals surface area contributed by atoms with Gasteiger partial charge in [0.05, 0.1) is 36.0 Å². The maximum Gasteiger partial charge on any atom is 0.335 e. The van der Waals surface area contributed by atoms with Crippen LogP contribution in [0.2, 0.25) is 0 Å². The highest BCUT2D eigenvalue weighted by Crippen LogP contribution is 2.40. The molecular formula is C32H32N6O3. The maximum atomic E-state index is 11.4. The number of rotatable bonds is 8. The molecule has 0 atom stereocenters. The van der Waals surface area contributed by atoms with E-state index in [1.54, 1.807) is 12.1 Å². The fourth-order valence-corrected chi connectivity index (χ4v) is 5.52. The van der Waals surface area contributed by atoms with E-state index in [-0.39, 0.29) is 5.56 Å². The Balaban J connectivity index is 1.34. The second-order valence-electron chi connectivity index (χ2n) is 10.9. The van der Waals surface area contributed by atoms with Gasteiger partial charge < -0.3 is 9.84 Å². The van der Waals surface area contributed by atoms with E-state index in [0.717, 1.165) is 69.8 Å². The minimum atomic E-state index is -0.995. The van der Waals surface area contributed by atoms with Crippen LogP contribution < -0.4 is 4.74 Å². The van der Waals surface area contributed by atoms with Crippen LogP contribution in [-0.2, 0) is 32.9 Å². The molecule has 0 amide bonds. The molecule has 0 unspecified atom stereocenters. The third-order valence-electron chi connectivity index (χ3n) is 7.46. The normalized spacial score (nSPS) is 12.3. The van der Waals surface area contributed by atoms with E-state index >= 15 is 0 Å². The second-order valence-corrected chi connectivity index (χ2v) is 10.9. The Morgan fingerprint density at radius 2 is 1.83 bits per heavy atom. The molecule has 2 aromatic carbocycles. The van der Waals surface area contributed by atoms with Crippen LogP contribution in [0.5, 0.6) is 5.75 Å². The number of carboxylic acids is 1. The molecular weight excluding hydrogens is 516 g/mol. The topological polar surface area (TPSA) is 108 Å². The van der Waals surface area contributed by atoms with Gasteiger partial charge in [-0.25, -0.2) is 14.8 Å². The number of hydrogen-bond acceptors (Lipinski definition) is 6. The molecule has 9 nitrogen and oxygen atoms in total. The summed E-state index contributed by atoms with van der Waals surface area (Å²) in [6.07, 6.45) is 8.00. The zero-order chi connectivity index (χ0) is 28.7. The molecule has 41 heavy (non-hydrogen) atoms. The van der Waals surface area contributed by atoms with E-state index in [9.17, 15) is 9.90 Å². The van der Waals surface area contributed by atoms with Gasteiger partial charge in [-0.2, -0.15) is 10.2 Å². The minimum Gasteiger partial charge on any atom is -0.496 e. The largest absolute Gasteiger partial charge is 0.496 e. The monoisotopic (exact) mass is 548 g/mol. The molecule has 0 aliphatic heterocycles. The summed E-state index contributed by atoms with van der Waals surface area (Å²) in [6.45, 7) is 5.27. The second kappa shape index (κ2) is 10.6. The van der Waals surface area contributed by atoms with Gasteiger partial charge in [0.15, 0.2) is 0 Å². The number of hydrogen-bond donors (Lipinski definition) is 1. The summed E-state index contributed by atoms with van der Waals surface area (Å²) in [7, 11) is 3.52. The number of aromatic carboxylic acids is 1. The van der Waals surface area contributed by atoms with Gasteiger partial charge in [-0.15, -0.1) is 0 Å². The van der Waals surface area contributed by atoms with Crippen LogP contribution in [0.1, 0.15) is 46.9 Å². The summed E-state index contributed by atoms with van der Waals surface area (Å²) >= 11 is 0. The molecule has 1 N–H and O–H groups in total. The van der Waals surface area contributed by atoms with Crippen molar-refractivity contribution in [2.75, 3.05) is 7.11 Å². The van der Waals surface area contributed by atoms with Gasteiger partial charge in [0, 0.05) is 54.7 Å². The lowest BCUT2D eigenvalue weighted by Crippen LogP contribution is -2.09. The average molecular weight is 549 g/mol. The van der Waals surface area contributed by atoms with Crippen molar-refractivity contribution in [3.63, 3.8) is 0 Å². The highest BCUT2D eigenvalue weighted by atomic mass is 16.5. The third kappa shape index (κ3) is 5.11. The predicted octanol–water partition coefficient (Wildman–Crippen LogP) is 5.46. The Bertz CT molecular complexity index is 1750. The quantitative estimate of drug-likeness (QED) is 0.274. The SMILES string of the molecule is COc1cc(C(=O)O)ccc1Cc1ncc2c(n1)-c1c(nn(C)c1-c1ccc(-c3cnn(CC(C)C)c3)cc1)CC2. The predicted molar refractivity (Wildman–Crippen MR) is 156 cm³/mol. The first-order valence-electron chi connectivity index (χ1n) is 13.7. The lowest BCUT2D eigenvalue weighted by molar-refractivity contribution is 0.0696. The zero-order valence-electron chi connectivity index (χ0n) is 23.6. The van der Waals surface area contributed by atoms with Gasteiger partial charge in [0.2, 0.25) is 0 Å². The molecule has 3 heterocycles. The third-order valence-corrected chi connectivity index (χ3v) is 7.46. The first-order chi connectivity index (χ1) is 19.8. The molecule has 0 saturated carbocycles. The van der Waals surface area contributed by atoms with Crippen LogP contribution in [0.25, 0.3) is 33.6 Å². The van der Waals surface area contributed by atoms with Gasteiger partial charge in [-0.1, -0.05) is 44.2 Å². The summed E-state index contributed by atoms with van der Waals surface area (Å²) < 4.78 is 9.42. The number of benzene rings is 2. The fourth-order valence-electron chi connectivity index (χ4n) is 5.52. The smallest absolute Gasteiger partial charge is 0.335 e. The van der Waals surface area contributed by atoms with Crippen molar-refractivity contribution in [1.29, 1.82) is 0 Å². The van der Waals surface area contributed by atoms with Crippen molar-refractivity contribution in [3.8, 4) is 39.4 Å².